The fourth-order valence-corrected chi connectivity index (χ4v) is 4.36. The Kier molecular flexibility index (Phi) is 3.32. The number of hydrogen-bond donors (Lipinski definition) is 1. The standard InChI is InChI=1S/C16H23N3OS/c1-18-7-2-12(3-8-18)10-19-14(13-4-9-21-11-13)17-16(5-6-16)15(19)20/h4,9,11-12,14,17H,2-3,5-8,10H2,1H3. The highest BCUT2D eigenvalue weighted by molar-refractivity contribution is 7.07. The number of piperidine rings is 1. The van der Waals surface area contributed by atoms with Gasteiger partial charge in [0, 0.05) is 6.54 Å². The third-order valence-electron chi connectivity index (χ3n) is 5.30. The van der Waals surface area contributed by atoms with Crippen LogP contribution in [0.1, 0.15) is 37.4 Å². The van der Waals surface area contributed by atoms with Gasteiger partial charge in [-0.1, -0.05) is 0 Å². The summed E-state index contributed by atoms with van der Waals surface area (Å²) in [5.74, 6) is 1.000. The number of likely N-dealkylation sites (tertiary alicyclic amines) is 1. The number of hydrogen-bond acceptors (Lipinski definition) is 4. The first kappa shape index (κ1) is 13.7. The first-order valence-corrected chi connectivity index (χ1v) is 8.92. The molecule has 2 saturated heterocycles. The largest absolute Gasteiger partial charge is 0.321 e. The molecule has 3 fully saturated rings. The Morgan fingerprint density at radius 2 is 2.14 bits per heavy atom. The van der Waals surface area contributed by atoms with Gasteiger partial charge < -0.3 is 9.80 Å². The van der Waals surface area contributed by atoms with Gasteiger partial charge in [-0.2, -0.15) is 11.3 Å². The average Bonchev–Trinajstić information content (AvgIpc) is 2.97. The minimum Gasteiger partial charge on any atom is -0.321 e. The molecule has 1 spiro atoms. The number of carbonyl (C=O) groups excluding carboxylic acids is 1. The molecule has 1 unspecified atom stereocenters. The van der Waals surface area contributed by atoms with Crippen molar-refractivity contribution in [3.8, 4) is 0 Å². The highest BCUT2D eigenvalue weighted by Gasteiger charge is 2.59. The summed E-state index contributed by atoms with van der Waals surface area (Å²) in [6.07, 6.45) is 4.55. The molecule has 3 aliphatic rings. The van der Waals surface area contributed by atoms with E-state index in [1.54, 1.807) is 11.3 Å². The molecule has 114 valence electrons. The fourth-order valence-electron chi connectivity index (χ4n) is 3.68. The lowest BCUT2D eigenvalue weighted by Gasteiger charge is -2.33. The lowest BCUT2D eigenvalue weighted by Crippen LogP contribution is -2.40. The fraction of sp³-hybridized carbons (Fsp3) is 0.688. The van der Waals surface area contributed by atoms with Gasteiger partial charge in [0.1, 0.15) is 11.7 Å². The van der Waals surface area contributed by atoms with Crippen LogP contribution in [0.4, 0.5) is 0 Å². The zero-order valence-corrected chi connectivity index (χ0v) is 13.4. The van der Waals surface area contributed by atoms with Crippen molar-refractivity contribution < 1.29 is 4.79 Å². The molecule has 0 radical (unpaired) electrons. The van der Waals surface area contributed by atoms with E-state index in [9.17, 15) is 4.79 Å². The zero-order chi connectivity index (χ0) is 14.4. The second-order valence-corrected chi connectivity index (χ2v) is 7.67. The second kappa shape index (κ2) is 5.07. The normalized spacial score (nSPS) is 29.5. The minimum absolute atomic E-state index is 0.103. The van der Waals surface area contributed by atoms with Crippen molar-refractivity contribution in [3.63, 3.8) is 0 Å². The summed E-state index contributed by atoms with van der Waals surface area (Å²) in [5.41, 5.74) is 1.04. The zero-order valence-electron chi connectivity index (χ0n) is 12.5. The summed E-state index contributed by atoms with van der Waals surface area (Å²) in [4.78, 5) is 17.3. The number of nitrogens with zero attached hydrogens (tertiary/aromatic N) is 2. The van der Waals surface area contributed by atoms with Crippen LogP contribution in [-0.2, 0) is 4.79 Å². The number of carbonyl (C=O) groups is 1. The van der Waals surface area contributed by atoms with Crippen LogP contribution in [0.15, 0.2) is 16.8 Å². The van der Waals surface area contributed by atoms with Gasteiger partial charge in [-0.15, -0.1) is 0 Å². The third-order valence-corrected chi connectivity index (χ3v) is 6.00. The maximum absolute atomic E-state index is 12.8. The van der Waals surface area contributed by atoms with Crippen LogP contribution in [0.2, 0.25) is 0 Å². The van der Waals surface area contributed by atoms with Gasteiger partial charge in [-0.25, -0.2) is 0 Å². The van der Waals surface area contributed by atoms with Crippen molar-refractivity contribution in [3.05, 3.63) is 22.4 Å². The van der Waals surface area contributed by atoms with Crippen LogP contribution in [0.25, 0.3) is 0 Å². The van der Waals surface area contributed by atoms with Gasteiger partial charge in [-0.3, -0.25) is 10.1 Å². The quantitative estimate of drug-likeness (QED) is 0.928. The predicted molar refractivity (Wildman–Crippen MR) is 84.1 cm³/mol. The van der Waals surface area contributed by atoms with Crippen molar-refractivity contribution in [2.24, 2.45) is 5.92 Å². The number of rotatable bonds is 3. The summed E-state index contributed by atoms with van der Waals surface area (Å²) in [7, 11) is 2.19. The van der Waals surface area contributed by atoms with Crippen molar-refractivity contribution in [1.29, 1.82) is 0 Å². The minimum atomic E-state index is -0.210. The maximum atomic E-state index is 12.8. The van der Waals surface area contributed by atoms with Crippen molar-refractivity contribution in [1.82, 2.24) is 15.1 Å². The Morgan fingerprint density at radius 1 is 1.38 bits per heavy atom. The summed E-state index contributed by atoms with van der Waals surface area (Å²) >= 11 is 1.71. The van der Waals surface area contributed by atoms with E-state index in [-0.39, 0.29) is 11.7 Å². The first-order chi connectivity index (χ1) is 10.2. The monoisotopic (exact) mass is 305 g/mol. The van der Waals surface area contributed by atoms with E-state index in [1.165, 1.54) is 18.4 Å². The Balaban J connectivity index is 1.52. The lowest BCUT2D eigenvalue weighted by atomic mass is 9.96. The Morgan fingerprint density at radius 3 is 2.76 bits per heavy atom. The van der Waals surface area contributed by atoms with Crippen LogP contribution < -0.4 is 5.32 Å². The topological polar surface area (TPSA) is 35.6 Å². The molecule has 1 amide bonds. The molecular formula is C16H23N3OS. The van der Waals surface area contributed by atoms with E-state index < -0.39 is 0 Å². The molecule has 1 aliphatic carbocycles. The van der Waals surface area contributed by atoms with Gasteiger partial charge in [0.15, 0.2) is 0 Å². The molecule has 4 nitrogen and oxygen atoms in total. The van der Waals surface area contributed by atoms with Crippen LogP contribution in [-0.4, -0.2) is 47.9 Å². The van der Waals surface area contributed by atoms with Crippen LogP contribution in [0, 0.1) is 5.92 Å². The molecule has 4 rings (SSSR count). The summed E-state index contributed by atoms with van der Waals surface area (Å²) in [6.45, 7) is 3.24. The lowest BCUT2D eigenvalue weighted by molar-refractivity contribution is -0.131. The van der Waals surface area contributed by atoms with Crippen molar-refractivity contribution in [2.75, 3.05) is 26.7 Å². The van der Waals surface area contributed by atoms with Crippen molar-refractivity contribution in [2.45, 2.75) is 37.4 Å². The van der Waals surface area contributed by atoms with Gasteiger partial charge in [0.2, 0.25) is 5.91 Å². The third kappa shape index (κ3) is 2.41. The van der Waals surface area contributed by atoms with E-state index in [4.69, 9.17) is 0 Å². The Hall–Kier alpha value is -0.910. The van der Waals surface area contributed by atoms with E-state index in [2.05, 4.69) is 39.0 Å². The smallest absolute Gasteiger partial charge is 0.244 e. The van der Waals surface area contributed by atoms with Crippen molar-refractivity contribution >= 4 is 17.2 Å². The predicted octanol–water partition coefficient (Wildman–Crippen LogP) is 2.05. The molecule has 1 atom stereocenters. The first-order valence-electron chi connectivity index (χ1n) is 7.97. The molecule has 0 aromatic carbocycles. The van der Waals surface area contributed by atoms with E-state index in [0.29, 0.717) is 11.8 Å². The maximum Gasteiger partial charge on any atom is 0.244 e. The molecule has 1 aromatic heterocycles. The summed E-state index contributed by atoms with van der Waals surface area (Å²) < 4.78 is 0. The van der Waals surface area contributed by atoms with E-state index in [1.807, 2.05) is 0 Å². The van der Waals surface area contributed by atoms with Gasteiger partial charge in [0.25, 0.3) is 0 Å². The molecule has 3 heterocycles. The average molecular weight is 305 g/mol. The van der Waals surface area contributed by atoms with Crippen LogP contribution >= 0.6 is 11.3 Å². The highest BCUT2D eigenvalue weighted by atomic mass is 32.1. The number of amides is 1. The summed E-state index contributed by atoms with van der Waals surface area (Å²) in [6, 6.07) is 2.15. The van der Waals surface area contributed by atoms with Gasteiger partial charge >= 0.3 is 0 Å². The Labute approximate surface area is 130 Å². The summed E-state index contributed by atoms with van der Waals surface area (Å²) in [5, 5.41) is 7.89. The number of thiophene rings is 1. The molecule has 0 bridgehead atoms. The molecule has 21 heavy (non-hydrogen) atoms. The second-order valence-electron chi connectivity index (χ2n) is 6.89. The molecular weight excluding hydrogens is 282 g/mol. The molecule has 1 saturated carbocycles. The Bertz CT molecular complexity index is 518. The highest BCUT2D eigenvalue weighted by Crippen LogP contribution is 2.46. The molecule has 2 aliphatic heterocycles. The van der Waals surface area contributed by atoms with Crippen LogP contribution in [0.5, 0.6) is 0 Å². The van der Waals surface area contributed by atoms with Gasteiger partial charge in [0.05, 0.1) is 0 Å². The van der Waals surface area contributed by atoms with Crippen LogP contribution in [0.3, 0.4) is 0 Å². The van der Waals surface area contributed by atoms with E-state index in [0.717, 1.165) is 32.5 Å². The molecule has 5 heteroatoms. The van der Waals surface area contributed by atoms with Gasteiger partial charge in [-0.05, 0) is 74.1 Å². The number of nitrogens with one attached hydrogen (secondary N) is 1. The SMILES string of the molecule is CN1CCC(CN2C(=O)C3(CC3)NC2c2ccsc2)CC1. The van der Waals surface area contributed by atoms with E-state index >= 15 is 0 Å². The molecule has 1 aromatic rings. The molecule has 1 N–H and O–H groups in total.